The minimum absolute atomic E-state index is 0.0692. The van der Waals surface area contributed by atoms with Crippen LogP contribution in [0, 0.1) is 12.7 Å². The maximum absolute atomic E-state index is 13.5. The Hall–Kier alpha value is -1.68. The normalized spacial score (nSPS) is 10.4. The Balaban J connectivity index is 2.46. The van der Waals surface area contributed by atoms with Crippen LogP contribution < -0.4 is 5.73 Å². The highest BCUT2D eigenvalue weighted by Crippen LogP contribution is 2.22. The fourth-order valence-corrected chi connectivity index (χ4v) is 2.32. The van der Waals surface area contributed by atoms with Crippen molar-refractivity contribution in [2.75, 3.05) is 5.73 Å². The van der Waals surface area contributed by atoms with Gasteiger partial charge in [-0.25, -0.2) is 4.39 Å². The first-order valence-electron chi connectivity index (χ1n) is 4.73. The molecule has 0 aliphatic heterocycles. The first kappa shape index (κ1) is 10.8. The predicted molar refractivity (Wildman–Crippen MR) is 63.3 cm³/mol. The molecule has 2 N–H and O–H groups in total. The van der Waals surface area contributed by atoms with Gasteiger partial charge in [-0.1, -0.05) is 0 Å². The number of hydrogen-bond acceptors (Lipinski definition) is 3. The summed E-state index contributed by atoms with van der Waals surface area (Å²) in [6, 6.07) is 5.95. The molecule has 0 aliphatic carbocycles. The van der Waals surface area contributed by atoms with E-state index in [4.69, 9.17) is 5.73 Å². The van der Waals surface area contributed by atoms with E-state index in [1.54, 1.807) is 0 Å². The molecule has 0 atom stereocenters. The molecule has 1 aromatic carbocycles. The molecular formula is C12H10FNOS. The summed E-state index contributed by atoms with van der Waals surface area (Å²) in [6.45, 7) is 1.83. The lowest BCUT2D eigenvalue weighted by atomic mass is 10.1. The maximum Gasteiger partial charge on any atom is 0.206 e. The van der Waals surface area contributed by atoms with Crippen LogP contribution in [0.4, 0.5) is 10.1 Å². The van der Waals surface area contributed by atoms with E-state index in [0.29, 0.717) is 10.6 Å². The van der Waals surface area contributed by atoms with E-state index in [9.17, 15) is 9.18 Å². The van der Waals surface area contributed by atoms with Crippen LogP contribution in [0.15, 0.2) is 29.6 Å². The quantitative estimate of drug-likeness (QED) is 0.642. The van der Waals surface area contributed by atoms with Crippen LogP contribution in [-0.4, -0.2) is 5.78 Å². The first-order chi connectivity index (χ1) is 7.59. The van der Waals surface area contributed by atoms with Crippen LogP contribution in [0.25, 0.3) is 0 Å². The zero-order valence-corrected chi connectivity index (χ0v) is 9.48. The van der Waals surface area contributed by atoms with Crippen LogP contribution in [0.5, 0.6) is 0 Å². The van der Waals surface area contributed by atoms with E-state index in [2.05, 4.69) is 0 Å². The van der Waals surface area contributed by atoms with E-state index in [-0.39, 0.29) is 11.3 Å². The molecule has 2 aromatic rings. The van der Waals surface area contributed by atoms with Gasteiger partial charge in [0.15, 0.2) is 0 Å². The van der Waals surface area contributed by atoms with Crippen molar-refractivity contribution in [3.63, 3.8) is 0 Å². The van der Waals surface area contributed by atoms with E-state index in [1.807, 2.05) is 18.4 Å². The van der Waals surface area contributed by atoms with Gasteiger partial charge >= 0.3 is 0 Å². The van der Waals surface area contributed by atoms with Gasteiger partial charge in [0.1, 0.15) is 5.82 Å². The molecule has 0 saturated carbocycles. The summed E-state index contributed by atoms with van der Waals surface area (Å²) < 4.78 is 13.5. The zero-order chi connectivity index (χ0) is 11.7. The molecule has 0 radical (unpaired) electrons. The number of nitrogens with two attached hydrogens (primary N) is 1. The molecule has 2 nitrogen and oxygen atoms in total. The number of carbonyl (C=O) groups excluding carboxylic acids is 1. The summed E-state index contributed by atoms with van der Waals surface area (Å²) in [5.41, 5.74) is 6.68. The summed E-state index contributed by atoms with van der Waals surface area (Å²) in [5.74, 6) is -0.859. The third kappa shape index (κ3) is 1.84. The van der Waals surface area contributed by atoms with Crippen molar-refractivity contribution in [3.05, 3.63) is 51.5 Å². The van der Waals surface area contributed by atoms with Crippen molar-refractivity contribution >= 4 is 22.8 Å². The molecule has 0 bridgehead atoms. The number of aryl methyl sites for hydroxylation is 1. The summed E-state index contributed by atoms with van der Waals surface area (Å²) in [7, 11) is 0. The van der Waals surface area contributed by atoms with Gasteiger partial charge in [-0.3, -0.25) is 4.79 Å². The topological polar surface area (TPSA) is 43.1 Å². The molecule has 0 fully saturated rings. The Morgan fingerprint density at radius 3 is 2.69 bits per heavy atom. The Labute approximate surface area is 96.5 Å². The summed E-state index contributed by atoms with van der Waals surface area (Å²) >= 11 is 1.32. The molecule has 2 rings (SSSR count). The minimum Gasteiger partial charge on any atom is -0.399 e. The van der Waals surface area contributed by atoms with Crippen LogP contribution >= 0.6 is 11.3 Å². The van der Waals surface area contributed by atoms with Gasteiger partial charge in [0.25, 0.3) is 0 Å². The standard InChI is InChI=1S/C12H10FNOS/c1-7-4-5-16-12(7)11(15)9-3-2-8(14)6-10(9)13/h2-6H,14H2,1H3. The first-order valence-corrected chi connectivity index (χ1v) is 5.61. The second-order valence-corrected chi connectivity index (χ2v) is 4.42. The number of benzene rings is 1. The summed E-state index contributed by atoms with van der Waals surface area (Å²) in [4.78, 5) is 12.6. The highest BCUT2D eigenvalue weighted by Gasteiger charge is 2.16. The average Bonchev–Trinajstić information content (AvgIpc) is 2.63. The minimum atomic E-state index is -0.571. The largest absolute Gasteiger partial charge is 0.399 e. The van der Waals surface area contributed by atoms with E-state index in [1.165, 1.54) is 23.5 Å². The van der Waals surface area contributed by atoms with E-state index in [0.717, 1.165) is 11.6 Å². The van der Waals surface area contributed by atoms with Gasteiger partial charge in [-0.15, -0.1) is 11.3 Å². The second-order valence-electron chi connectivity index (χ2n) is 3.50. The molecule has 82 valence electrons. The van der Waals surface area contributed by atoms with Crippen molar-refractivity contribution in [1.29, 1.82) is 0 Å². The lowest BCUT2D eigenvalue weighted by molar-refractivity contribution is 0.103. The molecule has 0 saturated heterocycles. The lowest BCUT2D eigenvalue weighted by Crippen LogP contribution is -2.04. The van der Waals surface area contributed by atoms with E-state index >= 15 is 0 Å². The van der Waals surface area contributed by atoms with Crippen molar-refractivity contribution < 1.29 is 9.18 Å². The van der Waals surface area contributed by atoms with Crippen molar-refractivity contribution in [2.45, 2.75) is 6.92 Å². The Morgan fingerprint density at radius 1 is 1.38 bits per heavy atom. The Bertz CT molecular complexity index is 548. The van der Waals surface area contributed by atoms with Crippen molar-refractivity contribution in [3.8, 4) is 0 Å². The van der Waals surface area contributed by atoms with Crippen LogP contribution in [-0.2, 0) is 0 Å². The third-order valence-corrected chi connectivity index (χ3v) is 3.32. The SMILES string of the molecule is Cc1ccsc1C(=O)c1ccc(N)cc1F. The van der Waals surface area contributed by atoms with Gasteiger partial charge in [0, 0.05) is 5.69 Å². The molecule has 1 heterocycles. The smallest absolute Gasteiger partial charge is 0.206 e. The highest BCUT2D eigenvalue weighted by molar-refractivity contribution is 7.12. The predicted octanol–water partition coefficient (Wildman–Crippen LogP) is 3.01. The van der Waals surface area contributed by atoms with Gasteiger partial charge in [-0.2, -0.15) is 0 Å². The number of thiophene rings is 1. The van der Waals surface area contributed by atoms with Crippen LogP contribution in [0.2, 0.25) is 0 Å². The molecule has 16 heavy (non-hydrogen) atoms. The average molecular weight is 235 g/mol. The Kier molecular flexibility index (Phi) is 2.75. The number of anilines is 1. The molecule has 0 aliphatic rings. The van der Waals surface area contributed by atoms with Gasteiger partial charge in [-0.05, 0) is 42.1 Å². The van der Waals surface area contributed by atoms with Crippen molar-refractivity contribution in [1.82, 2.24) is 0 Å². The monoisotopic (exact) mass is 235 g/mol. The lowest BCUT2D eigenvalue weighted by Gasteiger charge is -2.02. The Morgan fingerprint density at radius 2 is 2.12 bits per heavy atom. The van der Waals surface area contributed by atoms with Crippen LogP contribution in [0.3, 0.4) is 0 Å². The fourth-order valence-electron chi connectivity index (χ4n) is 1.44. The van der Waals surface area contributed by atoms with Crippen LogP contribution in [0.1, 0.15) is 20.8 Å². The molecule has 0 spiro atoms. The van der Waals surface area contributed by atoms with E-state index < -0.39 is 5.82 Å². The zero-order valence-electron chi connectivity index (χ0n) is 8.66. The summed E-state index contributed by atoms with van der Waals surface area (Å²) in [6.07, 6.45) is 0. The fraction of sp³-hybridized carbons (Fsp3) is 0.0833. The number of rotatable bonds is 2. The number of hydrogen-bond donors (Lipinski definition) is 1. The molecule has 0 unspecified atom stereocenters. The molecular weight excluding hydrogens is 225 g/mol. The van der Waals surface area contributed by atoms with Gasteiger partial charge < -0.3 is 5.73 Å². The van der Waals surface area contributed by atoms with Crippen molar-refractivity contribution in [2.24, 2.45) is 0 Å². The number of halogens is 1. The molecule has 0 amide bonds. The third-order valence-electron chi connectivity index (χ3n) is 2.31. The highest BCUT2D eigenvalue weighted by atomic mass is 32.1. The number of carbonyl (C=O) groups is 1. The maximum atomic E-state index is 13.5. The molecule has 4 heteroatoms. The number of ketones is 1. The molecule has 1 aromatic heterocycles. The second kappa shape index (κ2) is 4.06. The van der Waals surface area contributed by atoms with Gasteiger partial charge in [0.2, 0.25) is 5.78 Å². The summed E-state index contributed by atoms with van der Waals surface area (Å²) in [5, 5.41) is 1.82. The van der Waals surface area contributed by atoms with Gasteiger partial charge in [0.05, 0.1) is 10.4 Å². The number of nitrogen functional groups attached to an aromatic ring is 1.